The summed E-state index contributed by atoms with van der Waals surface area (Å²) in [4.78, 5) is 10.3. The van der Waals surface area contributed by atoms with Gasteiger partial charge in [0.2, 0.25) is 0 Å². The lowest BCUT2D eigenvalue weighted by atomic mass is 10.2. The van der Waals surface area contributed by atoms with Gasteiger partial charge in [-0.05, 0) is 21.0 Å². The summed E-state index contributed by atoms with van der Waals surface area (Å²) < 4.78 is 5.77. The molecule has 1 aromatic rings. The van der Waals surface area contributed by atoms with Crippen LogP contribution >= 0.6 is 11.3 Å². The van der Waals surface area contributed by atoms with E-state index >= 15 is 0 Å². The van der Waals surface area contributed by atoms with Gasteiger partial charge in [0.1, 0.15) is 0 Å². The highest BCUT2D eigenvalue weighted by Crippen LogP contribution is 2.16. The van der Waals surface area contributed by atoms with Crippen LogP contribution in [0, 0.1) is 6.92 Å². The Morgan fingerprint density at radius 3 is 3.06 bits per heavy atom. The Bertz CT molecular complexity index is 353. The van der Waals surface area contributed by atoms with Gasteiger partial charge in [0, 0.05) is 37.3 Å². The van der Waals surface area contributed by atoms with Gasteiger partial charge >= 0.3 is 0 Å². The van der Waals surface area contributed by atoms with Crippen molar-refractivity contribution in [1.82, 2.24) is 14.8 Å². The van der Waals surface area contributed by atoms with Crippen molar-refractivity contribution >= 4 is 11.3 Å². The molecule has 0 spiro atoms. The highest BCUT2D eigenvalue weighted by atomic mass is 32.1. The van der Waals surface area contributed by atoms with Crippen LogP contribution in [0.2, 0.25) is 0 Å². The topological polar surface area (TPSA) is 28.6 Å². The van der Waals surface area contributed by atoms with Crippen LogP contribution in [0.25, 0.3) is 0 Å². The van der Waals surface area contributed by atoms with Gasteiger partial charge in [-0.1, -0.05) is 0 Å². The van der Waals surface area contributed by atoms with E-state index in [9.17, 15) is 0 Å². The molecule has 0 N–H and O–H groups in total. The zero-order chi connectivity index (χ0) is 12.3. The molecular weight excluding hydrogens is 234 g/mol. The number of hydrogen-bond acceptors (Lipinski definition) is 5. The number of nitrogens with zero attached hydrogens (tertiary/aromatic N) is 3. The van der Waals surface area contributed by atoms with E-state index in [0.717, 1.165) is 37.8 Å². The molecule has 2 rings (SSSR count). The number of hydrogen-bond donors (Lipinski definition) is 0. The molecular formula is C12H21N3OS. The molecule has 17 heavy (non-hydrogen) atoms. The Kier molecular flexibility index (Phi) is 4.50. The van der Waals surface area contributed by atoms with Crippen molar-refractivity contribution in [2.24, 2.45) is 0 Å². The lowest BCUT2D eigenvalue weighted by Gasteiger charge is -2.33. The quantitative estimate of drug-likeness (QED) is 0.809. The van der Waals surface area contributed by atoms with Crippen LogP contribution in [0.3, 0.4) is 0 Å². The van der Waals surface area contributed by atoms with E-state index in [2.05, 4.69) is 35.8 Å². The van der Waals surface area contributed by atoms with E-state index in [0.29, 0.717) is 6.10 Å². The molecule has 0 bridgehead atoms. The molecule has 0 aromatic carbocycles. The molecule has 5 heteroatoms. The van der Waals surface area contributed by atoms with Gasteiger partial charge < -0.3 is 9.64 Å². The minimum atomic E-state index is 0.341. The molecule has 0 aliphatic carbocycles. The molecule has 2 heterocycles. The van der Waals surface area contributed by atoms with E-state index < -0.39 is 0 Å². The normalized spacial score (nSPS) is 22.2. The Labute approximate surface area is 107 Å². The standard InChI is InChI=1S/C12H21N3OS/c1-10-13-6-12(17-10)9-15-4-5-16-11(8-15)7-14(2)3/h6,11H,4-5,7-9H2,1-3H3/t11-/m1/s1. The van der Waals surface area contributed by atoms with E-state index in [1.165, 1.54) is 4.88 Å². The summed E-state index contributed by atoms with van der Waals surface area (Å²) in [5.41, 5.74) is 0. The van der Waals surface area contributed by atoms with Gasteiger partial charge in [0.05, 0.1) is 17.7 Å². The summed E-state index contributed by atoms with van der Waals surface area (Å²) >= 11 is 1.79. The molecule has 96 valence electrons. The first-order valence-corrected chi connectivity index (χ1v) is 6.85. The molecule has 4 nitrogen and oxygen atoms in total. The molecule has 1 fully saturated rings. The van der Waals surface area contributed by atoms with Gasteiger partial charge in [0.15, 0.2) is 0 Å². The number of morpholine rings is 1. The highest BCUT2D eigenvalue weighted by Gasteiger charge is 2.21. The summed E-state index contributed by atoms with van der Waals surface area (Å²) in [5, 5.41) is 1.15. The average Bonchev–Trinajstić information content (AvgIpc) is 2.63. The number of aromatic nitrogens is 1. The Morgan fingerprint density at radius 1 is 1.59 bits per heavy atom. The lowest BCUT2D eigenvalue weighted by Crippen LogP contribution is -2.45. The van der Waals surface area contributed by atoms with E-state index in [1.807, 2.05) is 6.20 Å². The third-order valence-corrected chi connectivity index (χ3v) is 3.74. The number of aryl methyl sites for hydroxylation is 1. The van der Waals surface area contributed by atoms with Gasteiger partial charge in [-0.15, -0.1) is 11.3 Å². The van der Waals surface area contributed by atoms with E-state index in [1.54, 1.807) is 11.3 Å². The highest BCUT2D eigenvalue weighted by molar-refractivity contribution is 7.11. The third kappa shape index (κ3) is 4.03. The number of likely N-dealkylation sites (N-methyl/N-ethyl adjacent to an activating group) is 1. The van der Waals surface area contributed by atoms with Crippen molar-refractivity contribution in [3.8, 4) is 0 Å². The number of ether oxygens (including phenoxy) is 1. The second-order valence-corrected chi connectivity index (χ2v) is 6.16. The first kappa shape index (κ1) is 13.0. The van der Waals surface area contributed by atoms with E-state index in [-0.39, 0.29) is 0 Å². The van der Waals surface area contributed by atoms with Crippen LogP contribution in [0.15, 0.2) is 6.20 Å². The summed E-state index contributed by atoms with van der Waals surface area (Å²) in [7, 11) is 4.18. The van der Waals surface area contributed by atoms with Crippen molar-refractivity contribution in [3.63, 3.8) is 0 Å². The van der Waals surface area contributed by atoms with E-state index in [4.69, 9.17) is 4.74 Å². The van der Waals surface area contributed by atoms with Crippen molar-refractivity contribution in [3.05, 3.63) is 16.1 Å². The molecule has 0 radical (unpaired) electrons. The summed E-state index contributed by atoms with van der Waals surface area (Å²) in [6.45, 7) is 6.96. The summed E-state index contributed by atoms with van der Waals surface area (Å²) in [6, 6.07) is 0. The predicted octanol–water partition coefficient (Wildman–Crippen LogP) is 1.21. The largest absolute Gasteiger partial charge is 0.374 e. The van der Waals surface area contributed by atoms with Gasteiger partial charge in [-0.3, -0.25) is 4.90 Å². The predicted molar refractivity (Wildman–Crippen MR) is 70.4 cm³/mol. The molecule has 1 saturated heterocycles. The third-order valence-electron chi connectivity index (χ3n) is 2.84. The molecule has 1 aliphatic rings. The second kappa shape index (κ2) is 5.91. The zero-order valence-corrected chi connectivity index (χ0v) is 11.7. The van der Waals surface area contributed by atoms with Gasteiger partial charge in [-0.2, -0.15) is 0 Å². The zero-order valence-electron chi connectivity index (χ0n) is 10.8. The van der Waals surface area contributed by atoms with Crippen LogP contribution < -0.4 is 0 Å². The van der Waals surface area contributed by atoms with Crippen molar-refractivity contribution in [2.75, 3.05) is 40.3 Å². The van der Waals surface area contributed by atoms with Gasteiger partial charge in [0.25, 0.3) is 0 Å². The molecule has 1 aromatic heterocycles. The SMILES string of the molecule is Cc1ncc(CN2CCO[C@H](CN(C)C)C2)s1. The minimum Gasteiger partial charge on any atom is -0.374 e. The lowest BCUT2D eigenvalue weighted by molar-refractivity contribution is -0.0404. The van der Waals surface area contributed by atoms with Crippen molar-refractivity contribution in [1.29, 1.82) is 0 Å². The Hall–Kier alpha value is -0.490. The average molecular weight is 255 g/mol. The first-order valence-electron chi connectivity index (χ1n) is 6.03. The first-order chi connectivity index (χ1) is 8.13. The second-order valence-electron chi connectivity index (χ2n) is 4.84. The monoisotopic (exact) mass is 255 g/mol. The summed E-state index contributed by atoms with van der Waals surface area (Å²) in [6.07, 6.45) is 2.34. The number of rotatable bonds is 4. The fraction of sp³-hybridized carbons (Fsp3) is 0.750. The van der Waals surface area contributed by atoms with Crippen molar-refractivity contribution in [2.45, 2.75) is 19.6 Å². The molecule has 1 atom stereocenters. The van der Waals surface area contributed by atoms with Crippen molar-refractivity contribution < 1.29 is 4.74 Å². The Morgan fingerprint density at radius 2 is 2.41 bits per heavy atom. The maximum absolute atomic E-state index is 5.77. The summed E-state index contributed by atoms with van der Waals surface area (Å²) in [5.74, 6) is 0. The van der Waals surface area contributed by atoms with Crippen LogP contribution in [-0.2, 0) is 11.3 Å². The maximum atomic E-state index is 5.77. The molecule has 1 aliphatic heterocycles. The minimum absolute atomic E-state index is 0.341. The maximum Gasteiger partial charge on any atom is 0.0897 e. The van der Waals surface area contributed by atoms with Crippen LogP contribution in [-0.4, -0.2) is 61.2 Å². The molecule has 0 saturated carbocycles. The number of thiazole rings is 1. The smallest absolute Gasteiger partial charge is 0.0897 e. The van der Waals surface area contributed by atoms with Crippen LogP contribution in [0.4, 0.5) is 0 Å². The molecule has 0 unspecified atom stereocenters. The van der Waals surface area contributed by atoms with Gasteiger partial charge in [-0.25, -0.2) is 4.98 Å². The molecule has 0 amide bonds. The van der Waals surface area contributed by atoms with Crippen LogP contribution in [0.1, 0.15) is 9.88 Å². The fourth-order valence-corrected chi connectivity index (χ4v) is 2.98. The Balaban J connectivity index is 1.85. The fourth-order valence-electron chi connectivity index (χ4n) is 2.14. The van der Waals surface area contributed by atoms with Crippen LogP contribution in [0.5, 0.6) is 0 Å².